The zero-order chi connectivity index (χ0) is 17.6. The molecule has 5 nitrogen and oxygen atoms in total. The third-order valence-electron chi connectivity index (χ3n) is 3.42. The molecule has 1 aromatic carbocycles. The van der Waals surface area contributed by atoms with Crippen molar-refractivity contribution in [2.24, 2.45) is 0 Å². The number of aromatic nitrogens is 4. The smallest absolute Gasteiger partial charge is 0.196 e. The zero-order valence-electron chi connectivity index (χ0n) is 14.1. The van der Waals surface area contributed by atoms with Crippen LogP contribution in [0.1, 0.15) is 13.8 Å². The Balaban J connectivity index is 1.92. The lowest BCUT2D eigenvalue weighted by atomic mass is 10.2. The molecule has 0 aliphatic heterocycles. The average Bonchev–Trinajstić information content (AvgIpc) is 3.04. The van der Waals surface area contributed by atoms with Gasteiger partial charge < -0.3 is 4.74 Å². The number of benzene rings is 1. The number of ether oxygens (including phenoxy) is 1. The SMILES string of the molecule is CC(C)OCCSc1nnc(-c2ccncc2)n1-c1ccc(Cl)cc1. The van der Waals surface area contributed by atoms with Crippen LogP contribution in [0.4, 0.5) is 0 Å². The van der Waals surface area contributed by atoms with Gasteiger partial charge >= 0.3 is 0 Å². The van der Waals surface area contributed by atoms with E-state index in [0.29, 0.717) is 11.6 Å². The van der Waals surface area contributed by atoms with Gasteiger partial charge in [0.25, 0.3) is 0 Å². The second-order valence-corrected chi connectivity index (χ2v) is 7.12. The minimum atomic E-state index is 0.224. The molecule has 0 N–H and O–H groups in total. The molecule has 0 spiro atoms. The highest BCUT2D eigenvalue weighted by Gasteiger charge is 2.16. The Morgan fingerprint density at radius 1 is 1.08 bits per heavy atom. The summed E-state index contributed by atoms with van der Waals surface area (Å²) in [4.78, 5) is 4.07. The molecule has 130 valence electrons. The van der Waals surface area contributed by atoms with Crippen molar-refractivity contribution in [2.75, 3.05) is 12.4 Å². The first-order valence-electron chi connectivity index (χ1n) is 8.01. The van der Waals surface area contributed by atoms with E-state index in [0.717, 1.165) is 28.0 Å². The molecule has 2 heterocycles. The lowest BCUT2D eigenvalue weighted by Gasteiger charge is -2.11. The van der Waals surface area contributed by atoms with Gasteiger partial charge in [0.1, 0.15) is 0 Å². The molecular weight excluding hydrogens is 356 g/mol. The quantitative estimate of drug-likeness (QED) is 0.450. The van der Waals surface area contributed by atoms with Crippen molar-refractivity contribution >= 4 is 23.4 Å². The Labute approximate surface area is 156 Å². The van der Waals surface area contributed by atoms with E-state index in [1.807, 2.05) is 54.8 Å². The summed E-state index contributed by atoms with van der Waals surface area (Å²) in [5.74, 6) is 1.58. The number of hydrogen-bond acceptors (Lipinski definition) is 5. The minimum Gasteiger partial charge on any atom is -0.378 e. The number of pyridine rings is 1. The average molecular weight is 375 g/mol. The van der Waals surface area contributed by atoms with Gasteiger partial charge in [-0.1, -0.05) is 23.4 Å². The van der Waals surface area contributed by atoms with Crippen LogP contribution in [0.2, 0.25) is 5.02 Å². The molecule has 0 atom stereocenters. The second-order valence-electron chi connectivity index (χ2n) is 5.62. The second kappa shape index (κ2) is 8.47. The Morgan fingerprint density at radius 2 is 1.80 bits per heavy atom. The van der Waals surface area contributed by atoms with Gasteiger partial charge in [-0.2, -0.15) is 0 Å². The van der Waals surface area contributed by atoms with Crippen molar-refractivity contribution in [3.8, 4) is 17.1 Å². The van der Waals surface area contributed by atoms with Crippen molar-refractivity contribution in [1.29, 1.82) is 0 Å². The van der Waals surface area contributed by atoms with Crippen LogP contribution in [0.3, 0.4) is 0 Å². The van der Waals surface area contributed by atoms with Crippen LogP contribution >= 0.6 is 23.4 Å². The van der Waals surface area contributed by atoms with E-state index in [9.17, 15) is 0 Å². The van der Waals surface area contributed by atoms with Crippen LogP contribution in [0.15, 0.2) is 53.9 Å². The normalized spacial score (nSPS) is 11.2. The maximum Gasteiger partial charge on any atom is 0.196 e. The first-order valence-corrected chi connectivity index (χ1v) is 9.37. The Kier molecular flexibility index (Phi) is 6.07. The molecule has 2 aromatic heterocycles. The number of hydrogen-bond donors (Lipinski definition) is 0. The highest BCUT2D eigenvalue weighted by molar-refractivity contribution is 7.99. The highest BCUT2D eigenvalue weighted by Crippen LogP contribution is 2.28. The number of nitrogens with zero attached hydrogens (tertiary/aromatic N) is 4. The van der Waals surface area contributed by atoms with Crippen LogP contribution in [-0.4, -0.2) is 38.2 Å². The molecule has 25 heavy (non-hydrogen) atoms. The fourth-order valence-corrected chi connectivity index (χ4v) is 3.20. The molecule has 0 fully saturated rings. The lowest BCUT2D eigenvalue weighted by Crippen LogP contribution is -2.06. The van der Waals surface area contributed by atoms with Gasteiger partial charge in [0.2, 0.25) is 0 Å². The van der Waals surface area contributed by atoms with E-state index in [-0.39, 0.29) is 6.10 Å². The molecule has 0 bridgehead atoms. The molecule has 0 saturated heterocycles. The summed E-state index contributed by atoms with van der Waals surface area (Å²) in [7, 11) is 0. The van der Waals surface area contributed by atoms with Gasteiger partial charge in [-0.3, -0.25) is 9.55 Å². The fourth-order valence-electron chi connectivity index (χ4n) is 2.29. The minimum absolute atomic E-state index is 0.224. The Morgan fingerprint density at radius 3 is 2.48 bits per heavy atom. The van der Waals surface area contributed by atoms with E-state index in [2.05, 4.69) is 15.2 Å². The molecule has 3 aromatic rings. The maximum absolute atomic E-state index is 6.03. The van der Waals surface area contributed by atoms with E-state index in [4.69, 9.17) is 16.3 Å². The Hall–Kier alpha value is -1.89. The first kappa shape index (κ1) is 17.9. The predicted molar refractivity (Wildman–Crippen MR) is 101 cm³/mol. The third-order valence-corrected chi connectivity index (χ3v) is 4.57. The van der Waals surface area contributed by atoms with Gasteiger partial charge in [0.15, 0.2) is 11.0 Å². The Bertz CT molecular complexity index is 806. The van der Waals surface area contributed by atoms with Crippen molar-refractivity contribution in [2.45, 2.75) is 25.1 Å². The van der Waals surface area contributed by atoms with Crippen molar-refractivity contribution < 1.29 is 4.74 Å². The summed E-state index contributed by atoms with van der Waals surface area (Å²) in [6.07, 6.45) is 3.72. The van der Waals surface area contributed by atoms with Crippen molar-refractivity contribution in [1.82, 2.24) is 19.7 Å². The summed E-state index contributed by atoms with van der Waals surface area (Å²) in [6.45, 7) is 4.73. The lowest BCUT2D eigenvalue weighted by molar-refractivity contribution is 0.0920. The molecule has 0 unspecified atom stereocenters. The number of rotatable bonds is 7. The van der Waals surface area contributed by atoms with Crippen LogP contribution in [0, 0.1) is 0 Å². The molecule has 0 aliphatic rings. The molecule has 7 heteroatoms. The molecule has 0 aliphatic carbocycles. The van der Waals surface area contributed by atoms with Gasteiger partial charge in [0, 0.05) is 34.4 Å². The predicted octanol–water partition coefficient (Wildman–Crippen LogP) is 4.50. The van der Waals surface area contributed by atoms with E-state index in [1.54, 1.807) is 24.2 Å². The van der Waals surface area contributed by atoms with Crippen LogP contribution in [0.5, 0.6) is 0 Å². The van der Waals surface area contributed by atoms with Crippen LogP contribution < -0.4 is 0 Å². The summed E-state index contributed by atoms with van der Waals surface area (Å²) in [5, 5.41) is 10.3. The van der Waals surface area contributed by atoms with Gasteiger partial charge in [0.05, 0.1) is 12.7 Å². The number of thioether (sulfide) groups is 1. The standard InChI is InChI=1S/C18H19ClN4OS/c1-13(2)24-11-12-25-18-22-21-17(14-7-9-20-10-8-14)23(18)16-5-3-15(19)4-6-16/h3-10,13H,11-12H2,1-2H3. The zero-order valence-corrected chi connectivity index (χ0v) is 15.7. The first-order chi connectivity index (χ1) is 12.1. The summed E-state index contributed by atoms with van der Waals surface area (Å²) in [5.41, 5.74) is 1.93. The molecular formula is C18H19ClN4OS. The fraction of sp³-hybridized carbons (Fsp3) is 0.278. The highest BCUT2D eigenvalue weighted by atomic mass is 35.5. The largest absolute Gasteiger partial charge is 0.378 e. The molecule has 0 amide bonds. The van der Waals surface area contributed by atoms with Crippen LogP contribution in [-0.2, 0) is 4.74 Å². The van der Waals surface area contributed by atoms with Crippen molar-refractivity contribution in [3.63, 3.8) is 0 Å². The van der Waals surface area contributed by atoms with Gasteiger partial charge in [-0.25, -0.2) is 0 Å². The maximum atomic E-state index is 6.03. The van der Waals surface area contributed by atoms with E-state index >= 15 is 0 Å². The summed E-state index contributed by atoms with van der Waals surface area (Å²) in [6, 6.07) is 11.5. The molecule has 0 radical (unpaired) electrons. The van der Waals surface area contributed by atoms with Gasteiger partial charge in [-0.05, 0) is 50.2 Å². The molecule has 0 saturated carbocycles. The third kappa shape index (κ3) is 4.60. The topological polar surface area (TPSA) is 52.8 Å². The number of halogens is 1. The van der Waals surface area contributed by atoms with E-state index in [1.165, 1.54) is 0 Å². The van der Waals surface area contributed by atoms with E-state index < -0.39 is 0 Å². The van der Waals surface area contributed by atoms with Gasteiger partial charge in [-0.15, -0.1) is 10.2 Å². The molecule has 3 rings (SSSR count). The monoisotopic (exact) mass is 374 g/mol. The summed E-state index contributed by atoms with van der Waals surface area (Å²) < 4.78 is 7.65. The van der Waals surface area contributed by atoms with Crippen molar-refractivity contribution in [3.05, 3.63) is 53.8 Å². The van der Waals surface area contributed by atoms with Crippen LogP contribution in [0.25, 0.3) is 17.1 Å². The summed E-state index contributed by atoms with van der Waals surface area (Å²) >= 11 is 7.65.